The predicted octanol–water partition coefficient (Wildman–Crippen LogP) is 3.15. The van der Waals surface area contributed by atoms with Crippen LogP contribution in [0.1, 0.15) is 26.7 Å². The van der Waals surface area contributed by atoms with E-state index in [4.69, 9.17) is 0 Å². The maximum Gasteiger partial charge on any atom is 0.0366 e. The molecule has 1 fully saturated rings. The Morgan fingerprint density at radius 1 is 1.22 bits per heavy atom. The maximum atomic E-state index is 3.51. The number of rotatable bonds is 6. The summed E-state index contributed by atoms with van der Waals surface area (Å²) >= 11 is 0. The quantitative estimate of drug-likeness (QED) is 0.829. The van der Waals surface area contributed by atoms with Gasteiger partial charge in [-0.25, -0.2) is 0 Å². The molecular formula is C16H26N2. The standard InChI is InChI=1S/C16H26N2/c1-3-4-10-18(16-8-6-5-7-9-16)13-15-12-17-11-14(15)2/h5-9,14-15,17H,3-4,10-13H2,1-2H3. The molecule has 1 aromatic rings. The molecule has 0 saturated carbocycles. The molecule has 0 spiro atoms. The monoisotopic (exact) mass is 246 g/mol. The number of nitrogens with one attached hydrogen (secondary N) is 1. The van der Waals surface area contributed by atoms with Gasteiger partial charge in [0, 0.05) is 18.8 Å². The first-order valence-electron chi connectivity index (χ1n) is 7.32. The Bertz CT molecular complexity index is 336. The molecule has 1 heterocycles. The Balaban J connectivity index is 2.00. The van der Waals surface area contributed by atoms with Crippen molar-refractivity contribution in [3.8, 4) is 0 Å². The molecule has 2 unspecified atom stereocenters. The fourth-order valence-corrected chi connectivity index (χ4v) is 2.71. The zero-order valence-electron chi connectivity index (χ0n) is 11.7. The molecule has 0 aromatic heterocycles. The van der Waals surface area contributed by atoms with Crippen molar-refractivity contribution in [2.75, 3.05) is 31.1 Å². The number of unbranched alkanes of at least 4 members (excludes halogenated alkanes) is 1. The van der Waals surface area contributed by atoms with Crippen LogP contribution < -0.4 is 10.2 Å². The van der Waals surface area contributed by atoms with Crippen molar-refractivity contribution >= 4 is 5.69 Å². The predicted molar refractivity (Wildman–Crippen MR) is 79.1 cm³/mol. The van der Waals surface area contributed by atoms with Crippen molar-refractivity contribution in [1.29, 1.82) is 0 Å². The van der Waals surface area contributed by atoms with Crippen LogP contribution >= 0.6 is 0 Å². The zero-order valence-corrected chi connectivity index (χ0v) is 11.7. The molecule has 0 bridgehead atoms. The SMILES string of the molecule is CCCCN(CC1CNCC1C)c1ccccc1. The lowest BCUT2D eigenvalue weighted by Crippen LogP contribution is -2.33. The van der Waals surface area contributed by atoms with E-state index in [1.165, 1.54) is 44.7 Å². The van der Waals surface area contributed by atoms with Crippen LogP contribution in [-0.4, -0.2) is 26.2 Å². The minimum absolute atomic E-state index is 0.794. The van der Waals surface area contributed by atoms with Gasteiger partial charge in [-0.2, -0.15) is 0 Å². The summed E-state index contributed by atoms with van der Waals surface area (Å²) in [5.41, 5.74) is 1.38. The molecule has 0 amide bonds. The molecule has 2 heteroatoms. The summed E-state index contributed by atoms with van der Waals surface area (Å²) in [7, 11) is 0. The second-order valence-corrected chi connectivity index (χ2v) is 5.53. The molecule has 1 aromatic carbocycles. The fourth-order valence-electron chi connectivity index (χ4n) is 2.71. The number of hydrogen-bond acceptors (Lipinski definition) is 2. The van der Waals surface area contributed by atoms with Crippen LogP contribution in [0.15, 0.2) is 30.3 Å². The normalized spacial score (nSPS) is 23.2. The Hall–Kier alpha value is -1.02. The summed E-state index contributed by atoms with van der Waals surface area (Å²) in [4.78, 5) is 2.57. The van der Waals surface area contributed by atoms with Crippen LogP contribution in [0, 0.1) is 11.8 Å². The number of hydrogen-bond donors (Lipinski definition) is 1. The lowest BCUT2D eigenvalue weighted by atomic mass is 9.97. The minimum atomic E-state index is 0.794. The second-order valence-electron chi connectivity index (χ2n) is 5.53. The highest BCUT2D eigenvalue weighted by molar-refractivity contribution is 5.46. The molecule has 1 aliphatic heterocycles. The van der Waals surface area contributed by atoms with Gasteiger partial charge in [-0.3, -0.25) is 0 Å². The Labute approximate surface area is 111 Å². The maximum absolute atomic E-state index is 3.51. The van der Waals surface area contributed by atoms with Gasteiger partial charge in [0.05, 0.1) is 0 Å². The second kappa shape index (κ2) is 6.79. The third kappa shape index (κ3) is 3.49. The van der Waals surface area contributed by atoms with Gasteiger partial charge in [0.2, 0.25) is 0 Å². The van der Waals surface area contributed by atoms with E-state index >= 15 is 0 Å². The van der Waals surface area contributed by atoms with Gasteiger partial charge in [0.1, 0.15) is 0 Å². The first kappa shape index (κ1) is 13.4. The Morgan fingerprint density at radius 3 is 2.61 bits per heavy atom. The fraction of sp³-hybridized carbons (Fsp3) is 0.625. The van der Waals surface area contributed by atoms with Crippen LogP contribution in [0.4, 0.5) is 5.69 Å². The van der Waals surface area contributed by atoms with Crippen molar-refractivity contribution in [1.82, 2.24) is 5.32 Å². The summed E-state index contributed by atoms with van der Waals surface area (Å²) in [6, 6.07) is 10.9. The average molecular weight is 246 g/mol. The van der Waals surface area contributed by atoms with E-state index in [9.17, 15) is 0 Å². The van der Waals surface area contributed by atoms with Crippen molar-refractivity contribution in [2.24, 2.45) is 11.8 Å². The summed E-state index contributed by atoms with van der Waals surface area (Å²) in [6.45, 7) is 9.37. The van der Waals surface area contributed by atoms with Crippen LogP contribution in [0.25, 0.3) is 0 Å². The van der Waals surface area contributed by atoms with E-state index < -0.39 is 0 Å². The van der Waals surface area contributed by atoms with Crippen molar-refractivity contribution in [3.05, 3.63) is 30.3 Å². The molecular weight excluding hydrogens is 220 g/mol. The summed E-state index contributed by atoms with van der Waals surface area (Å²) in [6.07, 6.45) is 2.55. The molecule has 1 N–H and O–H groups in total. The third-order valence-corrected chi connectivity index (χ3v) is 4.04. The molecule has 2 rings (SSSR count). The highest BCUT2D eigenvalue weighted by Crippen LogP contribution is 2.21. The molecule has 0 radical (unpaired) electrons. The van der Waals surface area contributed by atoms with E-state index in [-0.39, 0.29) is 0 Å². The number of para-hydroxylation sites is 1. The van der Waals surface area contributed by atoms with Gasteiger partial charge >= 0.3 is 0 Å². The Morgan fingerprint density at radius 2 is 2.00 bits per heavy atom. The number of anilines is 1. The molecule has 100 valence electrons. The van der Waals surface area contributed by atoms with E-state index in [0.29, 0.717) is 0 Å². The van der Waals surface area contributed by atoms with Crippen LogP contribution in [0.5, 0.6) is 0 Å². The molecule has 0 aliphatic carbocycles. The van der Waals surface area contributed by atoms with Gasteiger partial charge in [0.15, 0.2) is 0 Å². The molecule has 18 heavy (non-hydrogen) atoms. The number of nitrogens with zero attached hydrogens (tertiary/aromatic N) is 1. The van der Waals surface area contributed by atoms with Crippen molar-refractivity contribution < 1.29 is 0 Å². The summed E-state index contributed by atoms with van der Waals surface area (Å²) < 4.78 is 0. The molecule has 2 nitrogen and oxygen atoms in total. The van der Waals surface area contributed by atoms with Gasteiger partial charge in [-0.05, 0) is 43.5 Å². The highest BCUT2D eigenvalue weighted by atomic mass is 15.1. The van der Waals surface area contributed by atoms with E-state index in [1.807, 2.05) is 0 Å². The van der Waals surface area contributed by atoms with Gasteiger partial charge in [-0.1, -0.05) is 38.5 Å². The van der Waals surface area contributed by atoms with Crippen molar-refractivity contribution in [2.45, 2.75) is 26.7 Å². The molecule has 1 aliphatic rings. The zero-order chi connectivity index (χ0) is 12.8. The van der Waals surface area contributed by atoms with Crippen LogP contribution in [0.2, 0.25) is 0 Å². The Kier molecular flexibility index (Phi) is 5.06. The number of benzene rings is 1. The van der Waals surface area contributed by atoms with Crippen LogP contribution in [-0.2, 0) is 0 Å². The topological polar surface area (TPSA) is 15.3 Å². The van der Waals surface area contributed by atoms with E-state index in [2.05, 4.69) is 54.4 Å². The largest absolute Gasteiger partial charge is 0.371 e. The lowest BCUT2D eigenvalue weighted by Gasteiger charge is -2.29. The van der Waals surface area contributed by atoms with Gasteiger partial charge < -0.3 is 10.2 Å². The van der Waals surface area contributed by atoms with Gasteiger partial charge in [-0.15, -0.1) is 0 Å². The third-order valence-electron chi connectivity index (χ3n) is 4.04. The van der Waals surface area contributed by atoms with E-state index in [1.54, 1.807) is 0 Å². The summed E-state index contributed by atoms with van der Waals surface area (Å²) in [5.74, 6) is 1.60. The lowest BCUT2D eigenvalue weighted by molar-refractivity contribution is 0.445. The average Bonchev–Trinajstić information content (AvgIpc) is 2.81. The first-order valence-corrected chi connectivity index (χ1v) is 7.32. The molecule has 2 atom stereocenters. The van der Waals surface area contributed by atoms with Gasteiger partial charge in [0.25, 0.3) is 0 Å². The van der Waals surface area contributed by atoms with Crippen LogP contribution in [0.3, 0.4) is 0 Å². The smallest absolute Gasteiger partial charge is 0.0366 e. The first-order chi connectivity index (χ1) is 8.81. The molecule has 1 saturated heterocycles. The highest BCUT2D eigenvalue weighted by Gasteiger charge is 2.25. The van der Waals surface area contributed by atoms with E-state index in [0.717, 1.165) is 11.8 Å². The van der Waals surface area contributed by atoms with Crippen molar-refractivity contribution in [3.63, 3.8) is 0 Å². The minimum Gasteiger partial charge on any atom is -0.371 e. The summed E-state index contributed by atoms with van der Waals surface area (Å²) in [5, 5.41) is 3.51.